The summed E-state index contributed by atoms with van der Waals surface area (Å²) in [4.78, 5) is 10.3. The highest BCUT2D eigenvalue weighted by Crippen LogP contribution is 2.19. The molecule has 2 aromatic carbocycles. The van der Waals surface area contributed by atoms with E-state index in [0.29, 0.717) is 6.41 Å². The van der Waals surface area contributed by atoms with Crippen LogP contribution in [0.2, 0.25) is 0 Å². The first-order valence-electron chi connectivity index (χ1n) is 4.50. The first kappa shape index (κ1) is 8.75. The Balaban J connectivity index is 2.57. The van der Waals surface area contributed by atoms with Gasteiger partial charge >= 0.3 is 0 Å². The van der Waals surface area contributed by atoms with Crippen molar-refractivity contribution in [3.8, 4) is 0 Å². The minimum absolute atomic E-state index is 0.691. The molecule has 0 bridgehead atoms. The number of nitrogens with one attached hydrogen (secondary N) is 1. The van der Waals surface area contributed by atoms with E-state index < -0.39 is 0 Å². The summed E-state index contributed by atoms with van der Waals surface area (Å²) in [5.41, 5.74) is 2.05. The van der Waals surface area contributed by atoms with Crippen molar-refractivity contribution >= 4 is 22.9 Å². The zero-order chi connectivity index (χ0) is 9.97. The Bertz CT molecular complexity index is 477. The molecule has 70 valence electrons. The summed E-state index contributed by atoms with van der Waals surface area (Å²) in [6.45, 7) is 2.05. The molecule has 0 saturated heterocycles. The molecule has 2 rings (SSSR count). The lowest BCUT2D eigenvalue weighted by Gasteiger charge is -2.02. The second kappa shape index (κ2) is 3.50. The monoisotopic (exact) mass is 185 g/mol. The number of fused-ring (bicyclic) bond motifs is 1. The molecule has 1 amide bonds. The van der Waals surface area contributed by atoms with Gasteiger partial charge in [0.15, 0.2) is 0 Å². The van der Waals surface area contributed by atoms with Crippen molar-refractivity contribution in [2.75, 3.05) is 5.32 Å². The fourth-order valence-corrected chi connectivity index (χ4v) is 1.52. The third kappa shape index (κ3) is 1.59. The van der Waals surface area contributed by atoms with Crippen LogP contribution in [0.25, 0.3) is 10.8 Å². The van der Waals surface area contributed by atoms with Gasteiger partial charge in [0.25, 0.3) is 0 Å². The maximum absolute atomic E-state index is 10.3. The molecule has 0 fully saturated rings. The van der Waals surface area contributed by atoms with Gasteiger partial charge in [0.2, 0.25) is 6.41 Å². The molecule has 1 N–H and O–H groups in total. The van der Waals surface area contributed by atoms with E-state index in [1.807, 2.05) is 18.2 Å². The molecule has 0 saturated carbocycles. The Morgan fingerprint density at radius 2 is 1.86 bits per heavy atom. The largest absolute Gasteiger partial charge is 0.329 e. The lowest BCUT2D eigenvalue weighted by Crippen LogP contribution is -1.92. The van der Waals surface area contributed by atoms with Crippen LogP contribution in [0.4, 0.5) is 5.69 Å². The average Bonchev–Trinajstić information content (AvgIpc) is 2.17. The highest BCUT2D eigenvalue weighted by atomic mass is 16.1. The highest BCUT2D eigenvalue weighted by molar-refractivity contribution is 5.88. The van der Waals surface area contributed by atoms with Gasteiger partial charge in [-0.05, 0) is 29.8 Å². The summed E-state index contributed by atoms with van der Waals surface area (Å²) in [5, 5.41) is 4.98. The van der Waals surface area contributed by atoms with Crippen molar-refractivity contribution in [1.82, 2.24) is 0 Å². The molecule has 14 heavy (non-hydrogen) atoms. The highest BCUT2D eigenvalue weighted by Gasteiger charge is 1.95. The maximum Gasteiger partial charge on any atom is 0.211 e. The van der Waals surface area contributed by atoms with Gasteiger partial charge < -0.3 is 5.32 Å². The Morgan fingerprint density at radius 3 is 2.64 bits per heavy atom. The number of carbonyl (C=O) groups excluding carboxylic acids is 1. The third-order valence-electron chi connectivity index (χ3n) is 2.22. The van der Waals surface area contributed by atoms with Crippen LogP contribution >= 0.6 is 0 Å². The summed E-state index contributed by atoms with van der Waals surface area (Å²) < 4.78 is 0. The van der Waals surface area contributed by atoms with Gasteiger partial charge in [0.1, 0.15) is 0 Å². The third-order valence-corrected chi connectivity index (χ3v) is 2.22. The molecule has 0 spiro atoms. The van der Waals surface area contributed by atoms with Gasteiger partial charge in [0, 0.05) is 5.69 Å². The minimum Gasteiger partial charge on any atom is -0.329 e. The standard InChI is InChI=1S/C12H11NO/c1-9-2-3-10-4-5-12(13-8-14)7-11(10)6-9/h2-8H,1H3,(H,13,14). The van der Waals surface area contributed by atoms with E-state index in [9.17, 15) is 4.79 Å². The Hall–Kier alpha value is -1.83. The predicted octanol–water partition coefficient (Wildman–Crippen LogP) is 2.72. The molecule has 0 aromatic heterocycles. The average molecular weight is 185 g/mol. The summed E-state index contributed by atoms with van der Waals surface area (Å²) >= 11 is 0. The van der Waals surface area contributed by atoms with Crippen LogP contribution in [0.15, 0.2) is 36.4 Å². The summed E-state index contributed by atoms with van der Waals surface area (Å²) in [7, 11) is 0. The van der Waals surface area contributed by atoms with E-state index in [4.69, 9.17) is 0 Å². The molecule has 0 heterocycles. The normalized spacial score (nSPS) is 10.1. The van der Waals surface area contributed by atoms with Crippen LogP contribution in [0, 0.1) is 6.92 Å². The lowest BCUT2D eigenvalue weighted by molar-refractivity contribution is -0.105. The number of amides is 1. The smallest absolute Gasteiger partial charge is 0.211 e. The number of rotatable bonds is 2. The molecule has 0 unspecified atom stereocenters. The molecule has 2 heteroatoms. The van der Waals surface area contributed by atoms with Gasteiger partial charge in [-0.1, -0.05) is 29.8 Å². The quantitative estimate of drug-likeness (QED) is 0.716. The fourth-order valence-electron chi connectivity index (χ4n) is 1.52. The number of hydrogen-bond acceptors (Lipinski definition) is 1. The van der Waals surface area contributed by atoms with Gasteiger partial charge in [-0.25, -0.2) is 0 Å². The van der Waals surface area contributed by atoms with Gasteiger partial charge in [-0.15, -0.1) is 0 Å². The molecule has 2 nitrogen and oxygen atoms in total. The zero-order valence-corrected chi connectivity index (χ0v) is 7.95. The SMILES string of the molecule is Cc1ccc2ccc(NC=O)cc2c1. The molecule has 0 aliphatic heterocycles. The Labute approximate surface area is 82.6 Å². The van der Waals surface area contributed by atoms with Crippen molar-refractivity contribution in [3.05, 3.63) is 42.0 Å². The van der Waals surface area contributed by atoms with E-state index in [1.165, 1.54) is 10.9 Å². The molecular formula is C12H11NO. The van der Waals surface area contributed by atoms with Crippen LogP contribution in [-0.4, -0.2) is 6.41 Å². The van der Waals surface area contributed by atoms with Crippen molar-refractivity contribution in [2.24, 2.45) is 0 Å². The van der Waals surface area contributed by atoms with Crippen LogP contribution < -0.4 is 5.32 Å². The molecule has 0 radical (unpaired) electrons. The van der Waals surface area contributed by atoms with Gasteiger partial charge in [0.05, 0.1) is 0 Å². The van der Waals surface area contributed by atoms with Crippen LogP contribution in [-0.2, 0) is 4.79 Å². The summed E-state index contributed by atoms with van der Waals surface area (Å²) in [6, 6.07) is 12.1. The number of benzene rings is 2. The topological polar surface area (TPSA) is 29.1 Å². The van der Waals surface area contributed by atoms with E-state index in [-0.39, 0.29) is 0 Å². The van der Waals surface area contributed by atoms with E-state index in [0.717, 1.165) is 11.1 Å². The van der Waals surface area contributed by atoms with Crippen molar-refractivity contribution in [3.63, 3.8) is 0 Å². The second-order valence-corrected chi connectivity index (χ2v) is 3.33. The van der Waals surface area contributed by atoms with Crippen LogP contribution in [0.5, 0.6) is 0 Å². The predicted molar refractivity (Wildman–Crippen MR) is 58.4 cm³/mol. The van der Waals surface area contributed by atoms with E-state index >= 15 is 0 Å². The van der Waals surface area contributed by atoms with Gasteiger partial charge in [-0.2, -0.15) is 0 Å². The molecule has 0 aliphatic carbocycles. The van der Waals surface area contributed by atoms with E-state index in [1.54, 1.807) is 0 Å². The molecular weight excluding hydrogens is 174 g/mol. The first-order chi connectivity index (χ1) is 6.79. The second-order valence-electron chi connectivity index (χ2n) is 3.33. The van der Waals surface area contributed by atoms with Crippen molar-refractivity contribution in [2.45, 2.75) is 6.92 Å². The number of aryl methyl sites for hydroxylation is 1. The van der Waals surface area contributed by atoms with E-state index in [2.05, 4.69) is 30.4 Å². The fraction of sp³-hybridized carbons (Fsp3) is 0.0833. The first-order valence-corrected chi connectivity index (χ1v) is 4.50. The number of anilines is 1. The van der Waals surface area contributed by atoms with Gasteiger partial charge in [-0.3, -0.25) is 4.79 Å². The summed E-state index contributed by atoms with van der Waals surface area (Å²) in [5.74, 6) is 0. The Kier molecular flexibility index (Phi) is 2.19. The minimum atomic E-state index is 0.691. The molecule has 2 aromatic rings. The summed E-state index contributed by atoms with van der Waals surface area (Å²) in [6.07, 6.45) is 0.691. The Morgan fingerprint density at radius 1 is 1.07 bits per heavy atom. The van der Waals surface area contributed by atoms with Crippen molar-refractivity contribution in [1.29, 1.82) is 0 Å². The molecule has 0 aliphatic rings. The van der Waals surface area contributed by atoms with Crippen LogP contribution in [0.3, 0.4) is 0 Å². The molecule has 0 atom stereocenters. The van der Waals surface area contributed by atoms with Crippen molar-refractivity contribution < 1.29 is 4.79 Å². The number of hydrogen-bond donors (Lipinski definition) is 1. The number of carbonyl (C=O) groups is 1. The van der Waals surface area contributed by atoms with Crippen LogP contribution in [0.1, 0.15) is 5.56 Å². The maximum atomic E-state index is 10.3. The zero-order valence-electron chi connectivity index (χ0n) is 7.95. The lowest BCUT2D eigenvalue weighted by atomic mass is 10.1.